The maximum atomic E-state index is 12.4. The first kappa shape index (κ1) is 30.0. The fraction of sp³-hybridized carbons (Fsp3) is 0.406. The van der Waals surface area contributed by atoms with E-state index in [4.69, 9.17) is 25.9 Å². The molecule has 3 heterocycles. The van der Waals surface area contributed by atoms with E-state index < -0.39 is 0 Å². The van der Waals surface area contributed by atoms with Crippen molar-refractivity contribution >= 4 is 46.2 Å². The summed E-state index contributed by atoms with van der Waals surface area (Å²) < 4.78 is 11.4. The highest BCUT2D eigenvalue weighted by Gasteiger charge is 2.32. The normalized spacial score (nSPS) is 18.7. The van der Waals surface area contributed by atoms with Crippen LogP contribution in [0.1, 0.15) is 24.8 Å². The second-order valence-corrected chi connectivity index (χ2v) is 11.5. The Kier molecular flexibility index (Phi) is 9.06. The topological polar surface area (TPSA) is 104 Å². The zero-order chi connectivity index (χ0) is 30.6. The van der Waals surface area contributed by atoms with Gasteiger partial charge < -0.3 is 25.0 Å². The molecule has 44 heavy (non-hydrogen) atoms. The van der Waals surface area contributed by atoms with Crippen molar-refractivity contribution in [3.8, 4) is 11.5 Å². The van der Waals surface area contributed by atoms with Crippen LogP contribution in [-0.4, -0.2) is 79.9 Å². The van der Waals surface area contributed by atoms with Crippen LogP contribution in [0.5, 0.6) is 11.5 Å². The molecule has 1 atom stereocenters. The largest absolute Gasteiger partial charge is 0.495 e. The summed E-state index contributed by atoms with van der Waals surface area (Å²) in [5.74, 6) is 2.19. The maximum absolute atomic E-state index is 12.4. The number of ether oxygens (including phenoxy) is 2. The van der Waals surface area contributed by atoms with Crippen LogP contribution in [0.2, 0.25) is 5.02 Å². The van der Waals surface area contributed by atoms with Crippen molar-refractivity contribution < 1.29 is 19.1 Å². The van der Waals surface area contributed by atoms with Crippen molar-refractivity contribution in [3.05, 3.63) is 66.0 Å². The predicted octanol–water partition coefficient (Wildman–Crippen LogP) is 5.05. The van der Waals surface area contributed by atoms with Crippen molar-refractivity contribution in [2.45, 2.75) is 37.8 Å². The smallest absolute Gasteiger partial charge is 0.247 e. The number of nitrogens with one attached hydrogen (secondary N) is 2. The molecule has 2 aliphatic heterocycles. The van der Waals surface area contributed by atoms with E-state index in [2.05, 4.69) is 37.0 Å². The second kappa shape index (κ2) is 13.3. The zero-order valence-corrected chi connectivity index (χ0v) is 25.8. The number of rotatable bonds is 11. The third-order valence-electron chi connectivity index (χ3n) is 8.34. The SMILES string of the molecule is C=CC(=O)Nc1cc(Nc2cc(N3OCC[C@@H]3Cc3cccc(Cl)c3OC)ncn2)c(OC)cc1N1CCN(C2CC2)CC1. The molecule has 3 aliphatic rings. The minimum atomic E-state index is -0.281. The van der Waals surface area contributed by atoms with E-state index in [1.807, 2.05) is 41.5 Å². The quantitative estimate of drug-likeness (QED) is 0.283. The van der Waals surface area contributed by atoms with E-state index in [9.17, 15) is 4.79 Å². The van der Waals surface area contributed by atoms with Gasteiger partial charge in [-0.1, -0.05) is 30.3 Å². The second-order valence-electron chi connectivity index (χ2n) is 11.1. The Morgan fingerprint density at radius 1 is 1.09 bits per heavy atom. The van der Waals surface area contributed by atoms with Gasteiger partial charge in [-0.2, -0.15) is 0 Å². The molecule has 2 aromatic carbocycles. The predicted molar refractivity (Wildman–Crippen MR) is 172 cm³/mol. The molecule has 1 aromatic heterocycles. The van der Waals surface area contributed by atoms with Gasteiger partial charge in [-0.05, 0) is 49.5 Å². The van der Waals surface area contributed by atoms with Crippen LogP contribution in [0.4, 0.5) is 28.7 Å². The third-order valence-corrected chi connectivity index (χ3v) is 8.64. The lowest BCUT2D eigenvalue weighted by Crippen LogP contribution is -2.47. The monoisotopic (exact) mass is 619 g/mol. The van der Waals surface area contributed by atoms with E-state index in [0.29, 0.717) is 52.6 Å². The number of carbonyl (C=O) groups excluding carboxylic acids is 1. The molecule has 1 amide bonds. The van der Waals surface area contributed by atoms with Gasteiger partial charge in [0.15, 0.2) is 5.82 Å². The molecule has 12 heteroatoms. The molecule has 2 saturated heterocycles. The number of hydrogen-bond acceptors (Lipinski definition) is 10. The molecule has 1 aliphatic carbocycles. The minimum Gasteiger partial charge on any atom is -0.495 e. The first-order chi connectivity index (χ1) is 21.5. The van der Waals surface area contributed by atoms with Crippen molar-refractivity contribution in [1.29, 1.82) is 0 Å². The van der Waals surface area contributed by atoms with Crippen molar-refractivity contribution in [3.63, 3.8) is 0 Å². The van der Waals surface area contributed by atoms with Gasteiger partial charge in [0.1, 0.15) is 23.6 Å². The molecular weight excluding hydrogens is 582 g/mol. The number of hydroxylamine groups is 1. The standard InChI is InChI=1S/C32H38ClN7O4/c1-4-31(41)37-25-17-26(28(42-2)18-27(25)39-13-11-38(12-14-39)22-8-9-22)36-29-19-30(35-20-34-29)40-23(10-15-44-40)16-21-6-5-7-24(33)32(21)43-3/h4-7,17-20,22-23H,1,8-16H2,2-3H3,(H,37,41)(H,34,35,36)/t23-/m1/s1. The Bertz CT molecular complexity index is 1510. The maximum Gasteiger partial charge on any atom is 0.247 e. The van der Waals surface area contributed by atoms with Crippen LogP contribution in [-0.2, 0) is 16.1 Å². The van der Waals surface area contributed by atoms with Gasteiger partial charge in [0.25, 0.3) is 0 Å². The molecule has 2 N–H and O–H groups in total. The molecule has 0 spiro atoms. The molecule has 3 aromatic rings. The number of carbonyl (C=O) groups is 1. The van der Waals surface area contributed by atoms with Gasteiger partial charge in [0.05, 0.1) is 49.0 Å². The number of aromatic nitrogens is 2. The number of piperazine rings is 1. The molecule has 11 nitrogen and oxygen atoms in total. The van der Waals surface area contributed by atoms with Gasteiger partial charge in [-0.3, -0.25) is 14.5 Å². The Hall–Kier alpha value is -4.06. The van der Waals surface area contributed by atoms with Crippen LogP contribution >= 0.6 is 11.6 Å². The third kappa shape index (κ3) is 6.54. The van der Waals surface area contributed by atoms with E-state index in [1.54, 1.807) is 14.2 Å². The Balaban J connectivity index is 1.24. The van der Waals surface area contributed by atoms with E-state index >= 15 is 0 Å². The number of methoxy groups -OCH3 is 2. The summed E-state index contributed by atoms with van der Waals surface area (Å²) in [6.45, 7) is 7.93. The lowest BCUT2D eigenvalue weighted by atomic mass is 10.0. The summed E-state index contributed by atoms with van der Waals surface area (Å²) in [6, 6.07) is 12.2. The lowest BCUT2D eigenvalue weighted by Gasteiger charge is -2.37. The van der Waals surface area contributed by atoms with Crippen LogP contribution in [0.15, 0.2) is 55.4 Å². The minimum absolute atomic E-state index is 0.0278. The number of anilines is 5. The summed E-state index contributed by atoms with van der Waals surface area (Å²) in [5, 5.41) is 8.76. The molecule has 0 bridgehead atoms. The molecule has 6 rings (SSSR count). The molecule has 3 fully saturated rings. The highest BCUT2D eigenvalue weighted by molar-refractivity contribution is 6.32. The molecular formula is C32H38ClN7O4. The van der Waals surface area contributed by atoms with Crippen LogP contribution in [0.25, 0.3) is 0 Å². The highest BCUT2D eigenvalue weighted by atomic mass is 35.5. The van der Waals surface area contributed by atoms with Gasteiger partial charge in [-0.25, -0.2) is 15.0 Å². The summed E-state index contributed by atoms with van der Waals surface area (Å²) in [6.07, 6.45) is 6.85. The average molecular weight is 620 g/mol. The summed E-state index contributed by atoms with van der Waals surface area (Å²) in [4.78, 5) is 32.3. The number of halogens is 1. The summed E-state index contributed by atoms with van der Waals surface area (Å²) in [7, 11) is 3.26. The molecule has 1 saturated carbocycles. The van der Waals surface area contributed by atoms with Gasteiger partial charge in [0.2, 0.25) is 5.91 Å². The number of amides is 1. The number of benzene rings is 2. The van der Waals surface area contributed by atoms with Crippen molar-refractivity contribution in [1.82, 2.24) is 14.9 Å². The fourth-order valence-electron chi connectivity index (χ4n) is 5.97. The van der Waals surface area contributed by atoms with Crippen LogP contribution in [0, 0.1) is 0 Å². The number of nitrogens with zero attached hydrogens (tertiary/aromatic N) is 5. The van der Waals surface area contributed by atoms with E-state index in [1.165, 1.54) is 25.2 Å². The molecule has 232 valence electrons. The fourth-order valence-corrected chi connectivity index (χ4v) is 6.24. The molecule has 0 radical (unpaired) electrons. The van der Waals surface area contributed by atoms with E-state index in [-0.39, 0.29) is 11.9 Å². The Morgan fingerprint density at radius 2 is 1.91 bits per heavy atom. The summed E-state index contributed by atoms with van der Waals surface area (Å²) in [5.41, 5.74) is 3.23. The van der Waals surface area contributed by atoms with Crippen molar-refractivity contribution in [2.75, 3.05) is 67.6 Å². The Labute approximate surface area is 262 Å². The van der Waals surface area contributed by atoms with E-state index in [0.717, 1.165) is 49.9 Å². The van der Waals surface area contributed by atoms with Crippen LogP contribution < -0.4 is 30.1 Å². The Morgan fingerprint density at radius 3 is 2.64 bits per heavy atom. The molecule has 0 unspecified atom stereocenters. The van der Waals surface area contributed by atoms with Crippen LogP contribution in [0.3, 0.4) is 0 Å². The number of para-hydroxylation sites is 1. The average Bonchev–Trinajstić information content (AvgIpc) is 3.79. The first-order valence-corrected chi connectivity index (χ1v) is 15.3. The first-order valence-electron chi connectivity index (χ1n) is 14.9. The highest BCUT2D eigenvalue weighted by Crippen LogP contribution is 2.40. The van der Waals surface area contributed by atoms with Gasteiger partial charge >= 0.3 is 0 Å². The van der Waals surface area contributed by atoms with Gasteiger partial charge in [-0.15, -0.1) is 0 Å². The van der Waals surface area contributed by atoms with Gasteiger partial charge in [0, 0.05) is 44.4 Å². The summed E-state index contributed by atoms with van der Waals surface area (Å²) >= 11 is 6.37. The van der Waals surface area contributed by atoms with Crippen molar-refractivity contribution in [2.24, 2.45) is 0 Å². The lowest BCUT2D eigenvalue weighted by molar-refractivity contribution is -0.111. The number of hydrogen-bond donors (Lipinski definition) is 2. The zero-order valence-electron chi connectivity index (χ0n) is 25.1.